The Hall–Kier alpha value is -3.14. The van der Waals surface area contributed by atoms with Crippen molar-refractivity contribution < 1.29 is 14.3 Å². The average molecular weight is 284 g/mol. The minimum Gasteiger partial charge on any atom is -0.464 e. The number of carbonyl (C=O) groups is 2. The molecule has 0 unspecified atom stereocenters. The number of aromatic nitrogens is 2. The zero-order chi connectivity index (χ0) is 15.4. The Labute approximate surface area is 120 Å². The number of aryl methyl sites for hydroxylation is 1. The summed E-state index contributed by atoms with van der Waals surface area (Å²) in [6.07, 6.45) is 1.37. The van der Waals surface area contributed by atoms with Gasteiger partial charge in [0, 0.05) is 17.5 Å². The maximum atomic E-state index is 12.1. The van der Waals surface area contributed by atoms with Gasteiger partial charge in [-0.2, -0.15) is 5.26 Å². The SMILES string of the molecule is COC(=O)c1[nH]c(C)cc1NC(=O)c1ccnc(C#N)c1. The molecule has 0 bridgehead atoms. The first-order valence-corrected chi connectivity index (χ1v) is 6.00. The lowest BCUT2D eigenvalue weighted by atomic mass is 10.2. The molecule has 7 heteroatoms. The number of hydrogen-bond acceptors (Lipinski definition) is 5. The van der Waals surface area contributed by atoms with Crippen LogP contribution in [0.25, 0.3) is 0 Å². The molecule has 2 aromatic rings. The maximum Gasteiger partial charge on any atom is 0.356 e. The molecule has 2 N–H and O–H groups in total. The predicted octanol–water partition coefficient (Wildman–Crippen LogP) is 1.63. The molecule has 2 rings (SSSR count). The molecule has 0 aliphatic carbocycles. The Kier molecular flexibility index (Phi) is 4.00. The first-order chi connectivity index (χ1) is 10.0. The van der Waals surface area contributed by atoms with E-state index in [4.69, 9.17) is 5.26 Å². The fourth-order valence-corrected chi connectivity index (χ4v) is 1.78. The number of rotatable bonds is 3. The minimum atomic E-state index is -0.578. The third-order valence-electron chi connectivity index (χ3n) is 2.73. The van der Waals surface area contributed by atoms with Crippen LogP contribution in [0.5, 0.6) is 0 Å². The second-order valence-corrected chi connectivity index (χ2v) is 4.23. The molecule has 0 atom stereocenters. The average Bonchev–Trinajstić information content (AvgIpc) is 2.87. The van der Waals surface area contributed by atoms with Crippen molar-refractivity contribution in [1.82, 2.24) is 9.97 Å². The highest BCUT2D eigenvalue weighted by Crippen LogP contribution is 2.18. The fraction of sp³-hybridized carbons (Fsp3) is 0.143. The van der Waals surface area contributed by atoms with Gasteiger partial charge in [-0.05, 0) is 25.1 Å². The summed E-state index contributed by atoms with van der Waals surface area (Å²) in [5, 5.41) is 11.4. The van der Waals surface area contributed by atoms with Gasteiger partial charge < -0.3 is 15.0 Å². The van der Waals surface area contributed by atoms with Crippen LogP contribution in [0.4, 0.5) is 5.69 Å². The van der Waals surface area contributed by atoms with Crippen LogP contribution in [0, 0.1) is 18.3 Å². The van der Waals surface area contributed by atoms with E-state index >= 15 is 0 Å². The van der Waals surface area contributed by atoms with E-state index in [0.717, 1.165) is 0 Å². The zero-order valence-corrected chi connectivity index (χ0v) is 11.4. The number of methoxy groups -OCH3 is 1. The molecule has 106 valence electrons. The van der Waals surface area contributed by atoms with Gasteiger partial charge in [0.15, 0.2) is 0 Å². The second kappa shape index (κ2) is 5.88. The monoisotopic (exact) mass is 284 g/mol. The third-order valence-corrected chi connectivity index (χ3v) is 2.73. The van der Waals surface area contributed by atoms with E-state index in [-0.39, 0.29) is 17.0 Å². The van der Waals surface area contributed by atoms with E-state index in [1.54, 1.807) is 13.0 Å². The van der Waals surface area contributed by atoms with E-state index in [9.17, 15) is 9.59 Å². The summed E-state index contributed by atoms with van der Waals surface area (Å²) in [7, 11) is 1.26. The van der Waals surface area contributed by atoms with Crippen LogP contribution in [0.15, 0.2) is 24.4 Å². The van der Waals surface area contributed by atoms with Gasteiger partial charge in [-0.15, -0.1) is 0 Å². The van der Waals surface area contributed by atoms with Gasteiger partial charge >= 0.3 is 5.97 Å². The van der Waals surface area contributed by atoms with Crippen molar-refractivity contribution in [1.29, 1.82) is 5.26 Å². The predicted molar refractivity (Wildman–Crippen MR) is 73.8 cm³/mol. The molecule has 2 heterocycles. The molecule has 0 aliphatic heterocycles. The number of carbonyl (C=O) groups excluding carboxylic acids is 2. The van der Waals surface area contributed by atoms with Crippen LogP contribution in [0.1, 0.15) is 32.2 Å². The zero-order valence-electron chi connectivity index (χ0n) is 11.4. The van der Waals surface area contributed by atoms with E-state index in [1.807, 2.05) is 6.07 Å². The molecule has 0 saturated heterocycles. The summed E-state index contributed by atoms with van der Waals surface area (Å²) in [4.78, 5) is 30.4. The number of nitrogens with zero attached hydrogens (tertiary/aromatic N) is 2. The molecule has 1 amide bonds. The van der Waals surface area contributed by atoms with Crippen molar-refractivity contribution in [2.75, 3.05) is 12.4 Å². The van der Waals surface area contributed by atoms with Crippen LogP contribution in [-0.4, -0.2) is 29.0 Å². The number of ether oxygens (including phenoxy) is 1. The fourth-order valence-electron chi connectivity index (χ4n) is 1.78. The molecule has 0 spiro atoms. The normalized spacial score (nSPS) is 9.76. The van der Waals surface area contributed by atoms with Gasteiger partial charge in [0.25, 0.3) is 5.91 Å². The topological polar surface area (TPSA) is 108 Å². The quantitative estimate of drug-likeness (QED) is 0.833. The molecule has 2 aromatic heterocycles. The van der Waals surface area contributed by atoms with Gasteiger partial charge in [0.05, 0.1) is 12.8 Å². The molecular formula is C14H12N4O3. The second-order valence-electron chi connectivity index (χ2n) is 4.23. The minimum absolute atomic E-state index is 0.140. The van der Waals surface area contributed by atoms with E-state index < -0.39 is 11.9 Å². The number of anilines is 1. The Bertz CT molecular complexity index is 743. The summed E-state index contributed by atoms with van der Waals surface area (Å²) in [6, 6.07) is 6.33. The molecule has 0 aromatic carbocycles. The van der Waals surface area contributed by atoms with Gasteiger partial charge in [-0.3, -0.25) is 4.79 Å². The molecule has 7 nitrogen and oxygen atoms in total. The summed E-state index contributed by atoms with van der Waals surface area (Å²) in [5.74, 6) is -1.02. The highest BCUT2D eigenvalue weighted by atomic mass is 16.5. The molecule has 21 heavy (non-hydrogen) atoms. The third kappa shape index (κ3) is 3.06. The van der Waals surface area contributed by atoms with Crippen LogP contribution < -0.4 is 5.32 Å². The Balaban J connectivity index is 2.27. The number of nitrogens with one attached hydrogen (secondary N) is 2. The van der Waals surface area contributed by atoms with Crippen molar-refractivity contribution in [2.24, 2.45) is 0 Å². The Morgan fingerprint density at radius 1 is 1.43 bits per heavy atom. The number of H-pyrrole nitrogens is 1. The molecule has 0 radical (unpaired) electrons. The summed E-state index contributed by atoms with van der Waals surface area (Å²) >= 11 is 0. The standard InChI is InChI=1S/C14H12N4O3/c1-8-5-11(12(17-8)14(20)21-2)18-13(19)9-3-4-16-10(6-9)7-15/h3-6,17H,1-2H3,(H,18,19). The summed E-state index contributed by atoms with van der Waals surface area (Å²) < 4.78 is 4.64. The van der Waals surface area contributed by atoms with Crippen LogP contribution >= 0.6 is 0 Å². The van der Waals surface area contributed by atoms with Crippen molar-refractivity contribution in [3.63, 3.8) is 0 Å². The number of pyridine rings is 1. The Morgan fingerprint density at radius 3 is 2.86 bits per heavy atom. The number of amides is 1. The number of esters is 1. The summed E-state index contributed by atoms with van der Waals surface area (Å²) in [5.41, 5.74) is 1.60. The van der Waals surface area contributed by atoms with Crippen LogP contribution in [-0.2, 0) is 4.74 Å². The van der Waals surface area contributed by atoms with Gasteiger partial charge in [0.1, 0.15) is 17.5 Å². The smallest absolute Gasteiger partial charge is 0.356 e. The molecule has 0 fully saturated rings. The largest absolute Gasteiger partial charge is 0.464 e. The lowest BCUT2D eigenvalue weighted by Crippen LogP contribution is -2.15. The lowest BCUT2D eigenvalue weighted by Gasteiger charge is -2.05. The number of aromatic amines is 1. The van der Waals surface area contributed by atoms with E-state index in [1.165, 1.54) is 25.4 Å². The number of hydrogen-bond donors (Lipinski definition) is 2. The van der Waals surface area contributed by atoms with Crippen LogP contribution in [0.3, 0.4) is 0 Å². The molecule has 0 saturated carbocycles. The Morgan fingerprint density at radius 2 is 2.19 bits per heavy atom. The lowest BCUT2D eigenvalue weighted by molar-refractivity contribution is 0.0596. The maximum absolute atomic E-state index is 12.1. The molecular weight excluding hydrogens is 272 g/mol. The first-order valence-electron chi connectivity index (χ1n) is 6.00. The van der Waals surface area contributed by atoms with E-state index in [2.05, 4.69) is 20.0 Å². The van der Waals surface area contributed by atoms with Crippen molar-refractivity contribution in [3.05, 3.63) is 47.0 Å². The number of nitriles is 1. The highest BCUT2D eigenvalue weighted by Gasteiger charge is 2.17. The van der Waals surface area contributed by atoms with Gasteiger partial charge in [0.2, 0.25) is 0 Å². The van der Waals surface area contributed by atoms with Gasteiger partial charge in [-0.25, -0.2) is 9.78 Å². The van der Waals surface area contributed by atoms with E-state index in [0.29, 0.717) is 11.4 Å². The first kappa shape index (κ1) is 14.3. The van der Waals surface area contributed by atoms with Crippen LogP contribution in [0.2, 0.25) is 0 Å². The van der Waals surface area contributed by atoms with Crippen molar-refractivity contribution in [3.8, 4) is 6.07 Å². The highest BCUT2D eigenvalue weighted by molar-refractivity contribution is 6.07. The van der Waals surface area contributed by atoms with Crippen molar-refractivity contribution >= 4 is 17.6 Å². The summed E-state index contributed by atoms with van der Waals surface area (Å²) in [6.45, 7) is 1.75. The van der Waals surface area contributed by atoms with Crippen molar-refractivity contribution in [2.45, 2.75) is 6.92 Å². The molecule has 0 aliphatic rings. The van der Waals surface area contributed by atoms with Gasteiger partial charge in [-0.1, -0.05) is 0 Å².